The highest BCUT2D eigenvalue weighted by molar-refractivity contribution is 7.93. The fourth-order valence-corrected chi connectivity index (χ4v) is 5.65. The Bertz CT molecular complexity index is 1440. The predicted molar refractivity (Wildman–Crippen MR) is 172 cm³/mol. The summed E-state index contributed by atoms with van der Waals surface area (Å²) in [6.07, 6.45) is 4.33. The second-order valence-electron chi connectivity index (χ2n) is 9.47. The Morgan fingerprint density at radius 1 is 1.09 bits per heavy atom. The molecular weight excluding hydrogens is 619 g/mol. The number of rotatable bonds is 12. The van der Waals surface area contributed by atoms with Crippen LogP contribution >= 0.6 is 24.8 Å². The van der Waals surface area contributed by atoms with Gasteiger partial charge < -0.3 is 25.8 Å². The predicted octanol–water partition coefficient (Wildman–Crippen LogP) is 3.17. The molecule has 3 rings (SSSR count). The maximum absolute atomic E-state index is 13.3. The summed E-state index contributed by atoms with van der Waals surface area (Å²) >= 11 is 0. The Kier molecular flexibility index (Phi) is 14.5. The van der Waals surface area contributed by atoms with Crippen molar-refractivity contribution in [1.82, 2.24) is 4.90 Å². The van der Waals surface area contributed by atoms with Crippen molar-refractivity contribution in [1.29, 1.82) is 10.8 Å². The van der Waals surface area contributed by atoms with Crippen LogP contribution in [-0.4, -0.2) is 75.0 Å². The number of nitrogens with zero attached hydrogens (tertiary/aromatic N) is 2. The number of likely N-dealkylation sites (tertiary alicyclic amines) is 1. The molecule has 0 bridgehead atoms. The van der Waals surface area contributed by atoms with Crippen molar-refractivity contribution in [3.8, 4) is 5.75 Å². The Morgan fingerprint density at radius 3 is 2.35 bits per heavy atom. The molecule has 43 heavy (non-hydrogen) atoms. The topological polar surface area (TPSA) is 193 Å². The van der Waals surface area contributed by atoms with E-state index in [-0.39, 0.29) is 66.9 Å². The monoisotopic (exact) mass is 656 g/mol. The summed E-state index contributed by atoms with van der Waals surface area (Å²) < 4.78 is 38.6. The van der Waals surface area contributed by atoms with Crippen molar-refractivity contribution >= 4 is 70.1 Å². The molecule has 1 heterocycles. The number of piperidine rings is 1. The van der Waals surface area contributed by atoms with Gasteiger partial charge in [0, 0.05) is 31.5 Å². The molecule has 0 radical (unpaired) electrons. The molecule has 236 valence electrons. The van der Waals surface area contributed by atoms with E-state index in [1.54, 1.807) is 50.3 Å². The molecule has 15 heteroatoms. The van der Waals surface area contributed by atoms with E-state index in [0.29, 0.717) is 42.9 Å². The third kappa shape index (κ3) is 10.4. The van der Waals surface area contributed by atoms with Crippen LogP contribution in [0, 0.1) is 10.8 Å². The van der Waals surface area contributed by atoms with E-state index in [4.69, 9.17) is 31.8 Å². The molecule has 2 aromatic carbocycles. The molecule has 0 spiro atoms. The van der Waals surface area contributed by atoms with Crippen LogP contribution in [0.25, 0.3) is 6.08 Å². The molecule has 0 unspecified atom stereocenters. The first-order chi connectivity index (χ1) is 19.4. The summed E-state index contributed by atoms with van der Waals surface area (Å²) in [5, 5.41) is 15.4. The van der Waals surface area contributed by atoms with Crippen LogP contribution in [-0.2, 0) is 19.6 Å². The first kappa shape index (κ1) is 37.2. The molecule has 1 aliphatic rings. The average molecular weight is 658 g/mol. The second kappa shape index (κ2) is 16.7. The Hall–Kier alpha value is -3.81. The Labute approximate surface area is 264 Å². The number of primary amides is 1. The van der Waals surface area contributed by atoms with E-state index in [1.165, 1.54) is 18.2 Å². The summed E-state index contributed by atoms with van der Waals surface area (Å²) in [7, 11) is -4.23. The number of carbonyl (C=O) groups is 2. The number of nitrogen functional groups attached to an aromatic ring is 1. The van der Waals surface area contributed by atoms with Crippen molar-refractivity contribution in [3.05, 3.63) is 65.2 Å². The van der Waals surface area contributed by atoms with Gasteiger partial charge in [0.05, 0.1) is 30.2 Å². The van der Waals surface area contributed by atoms with E-state index in [2.05, 4.69) is 0 Å². The van der Waals surface area contributed by atoms with Gasteiger partial charge in [0.15, 0.2) is 5.75 Å². The number of hydrogen-bond acceptors (Lipinski definition) is 8. The minimum Gasteiger partial charge on any atom is -0.489 e. The van der Waals surface area contributed by atoms with E-state index in [0.717, 1.165) is 4.31 Å². The number of benzene rings is 2. The molecule has 0 atom stereocenters. The van der Waals surface area contributed by atoms with Gasteiger partial charge in [0.2, 0.25) is 10.0 Å². The first-order valence-corrected chi connectivity index (χ1v) is 14.7. The number of nitrogens with one attached hydrogen (secondary N) is 2. The maximum atomic E-state index is 13.3. The van der Waals surface area contributed by atoms with Crippen molar-refractivity contribution in [2.24, 2.45) is 11.5 Å². The molecule has 0 aliphatic carbocycles. The van der Waals surface area contributed by atoms with E-state index in [9.17, 15) is 18.0 Å². The highest BCUT2D eigenvalue weighted by atomic mass is 35.5. The minimum atomic E-state index is -4.23. The van der Waals surface area contributed by atoms with Crippen molar-refractivity contribution in [3.63, 3.8) is 0 Å². The molecule has 2 aromatic rings. The number of sulfonamides is 1. The van der Waals surface area contributed by atoms with Gasteiger partial charge in [-0.25, -0.2) is 8.42 Å². The standard InChI is InChI=1S/C28H36N6O6S.2ClH/c1-3-39-26(35)18-41(37,38)34(13-5-7-20-6-4-8-21(16-20)27(30)31)22-9-10-25(24(17-22)28(32)36)40-23-11-14-33(15-12-23)19(2)29;;/h4-10,16-17,23,29H,3,11-15,18H2,1-2H3,(H3,30,31)(H2,32,36);2*1H/b7-5+,29-19?;;. The summed E-state index contributed by atoms with van der Waals surface area (Å²) in [5.74, 6) is -1.99. The van der Waals surface area contributed by atoms with Crippen LogP contribution in [0.3, 0.4) is 0 Å². The van der Waals surface area contributed by atoms with Crippen molar-refractivity contribution < 1.29 is 27.5 Å². The largest absolute Gasteiger partial charge is 0.489 e. The van der Waals surface area contributed by atoms with Crippen LogP contribution in [0.5, 0.6) is 5.75 Å². The summed E-state index contributed by atoms with van der Waals surface area (Å²) in [5.41, 5.74) is 12.5. The number of ether oxygens (including phenoxy) is 2. The third-order valence-electron chi connectivity index (χ3n) is 6.45. The van der Waals surface area contributed by atoms with Gasteiger partial charge in [-0.15, -0.1) is 24.8 Å². The lowest BCUT2D eigenvalue weighted by atomic mass is 10.1. The highest BCUT2D eigenvalue weighted by Crippen LogP contribution is 2.29. The van der Waals surface area contributed by atoms with Crippen molar-refractivity contribution in [2.75, 3.05) is 36.3 Å². The lowest BCUT2D eigenvalue weighted by Crippen LogP contribution is -2.40. The number of amides is 1. The number of hydrogen-bond donors (Lipinski definition) is 4. The van der Waals surface area contributed by atoms with E-state index < -0.39 is 27.7 Å². The molecule has 0 saturated carbocycles. The van der Waals surface area contributed by atoms with Gasteiger partial charge in [-0.2, -0.15) is 0 Å². The fraction of sp³-hybridized carbons (Fsp3) is 0.357. The molecule has 0 aromatic heterocycles. The van der Waals surface area contributed by atoms with Gasteiger partial charge in [-0.1, -0.05) is 30.4 Å². The average Bonchev–Trinajstić information content (AvgIpc) is 2.91. The van der Waals surface area contributed by atoms with E-state index >= 15 is 0 Å². The number of amidine groups is 2. The minimum absolute atomic E-state index is 0. The smallest absolute Gasteiger partial charge is 0.323 e. The molecular formula is C28H38Cl2N6O6S. The quantitative estimate of drug-likeness (QED) is 0.152. The molecule has 1 aliphatic heterocycles. The summed E-state index contributed by atoms with van der Waals surface area (Å²) in [6.45, 7) is 4.44. The normalized spacial score (nSPS) is 13.4. The maximum Gasteiger partial charge on any atom is 0.323 e. The van der Waals surface area contributed by atoms with Crippen molar-refractivity contribution in [2.45, 2.75) is 32.8 Å². The zero-order valence-electron chi connectivity index (χ0n) is 23.9. The number of nitrogens with two attached hydrogens (primary N) is 2. The summed E-state index contributed by atoms with van der Waals surface area (Å²) in [4.78, 5) is 26.5. The van der Waals surface area contributed by atoms with Gasteiger partial charge in [-0.3, -0.25) is 24.7 Å². The molecule has 12 nitrogen and oxygen atoms in total. The van der Waals surface area contributed by atoms with Crippen LogP contribution in [0.2, 0.25) is 0 Å². The van der Waals surface area contributed by atoms with Gasteiger partial charge >= 0.3 is 5.97 Å². The van der Waals surface area contributed by atoms with E-state index in [1.807, 2.05) is 4.90 Å². The van der Waals surface area contributed by atoms with Crippen LogP contribution in [0.15, 0.2) is 48.5 Å². The number of esters is 1. The SMILES string of the molecule is CCOC(=O)CS(=O)(=O)N(C/C=C/c1cccc(C(=N)N)c1)c1ccc(OC2CCN(C(C)=N)CC2)c(C(N)=O)c1.Cl.Cl. The van der Waals surface area contributed by atoms with Crippen LogP contribution < -0.4 is 20.5 Å². The van der Waals surface area contributed by atoms with Gasteiger partial charge in [-0.05, 0) is 43.7 Å². The number of halogens is 2. The lowest BCUT2D eigenvalue weighted by Gasteiger charge is -2.33. The third-order valence-corrected chi connectivity index (χ3v) is 8.08. The lowest BCUT2D eigenvalue weighted by molar-refractivity contribution is -0.139. The molecule has 1 amide bonds. The zero-order chi connectivity index (χ0) is 30.2. The molecule has 6 N–H and O–H groups in total. The van der Waals surface area contributed by atoms with Crippen LogP contribution in [0.4, 0.5) is 5.69 Å². The Balaban J connectivity index is 0.00000462. The first-order valence-electron chi connectivity index (χ1n) is 13.1. The van der Waals surface area contributed by atoms with Crippen LogP contribution in [0.1, 0.15) is 48.2 Å². The van der Waals surface area contributed by atoms with Gasteiger partial charge in [0.1, 0.15) is 17.7 Å². The fourth-order valence-electron chi connectivity index (χ4n) is 4.36. The summed E-state index contributed by atoms with van der Waals surface area (Å²) in [6, 6.07) is 11.2. The second-order valence-corrected chi connectivity index (χ2v) is 11.4. The number of anilines is 1. The Morgan fingerprint density at radius 2 is 1.77 bits per heavy atom. The molecule has 1 saturated heterocycles. The van der Waals surface area contributed by atoms with Gasteiger partial charge in [0.25, 0.3) is 5.91 Å². The molecule has 1 fully saturated rings. The number of carbonyl (C=O) groups excluding carboxylic acids is 2. The zero-order valence-corrected chi connectivity index (χ0v) is 26.4. The highest BCUT2D eigenvalue weighted by Gasteiger charge is 2.28.